The Hall–Kier alpha value is -3.21. The third-order valence-electron chi connectivity index (χ3n) is 9.58. The maximum Gasteiger partial charge on any atom is 0.341 e. The lowest BCUT2D eigenvalue weighted by atomic mass is 9.77. The Morgan fingerprint density at radius 1 is 1.07 bits per heavy atom. The number of rotatable bonds is 16. The van der Waals surface area contributed by atoms with Crippen LogP contribution in [-0.2, 0) is 24.3 Å². The summed E-state index contributed by atoms with van der Waals surface area (Å²) in [6.07, 6.45) is 16.1. The van der Waals surface area contributed by atoms with Gasteiger partial charge in [-0.05, 0) is 87.8 Å². The summed E-state index contributed by atoms with van der Waals surface area (Å²) in [5.41, 5.74) is 1.61. The summed E-state index contributed by atoms with van der Waals surface area (Å²) >= 11 is 0. The highest BCUT2D eigenvalue weighted by Gasteiger charge is 2.40. The molecule has 2 saturated heterocycles. The maximum atomic E-state index is 10.7. The molecule has 0 bridgehead atoms. The number of carboxylic acid groups (broad SMARTS) is 1. The van der Waals surface area contributed by atoms with Crippen molar-refractivity contribution in [3.8, 4) is 5.75 Å². The quantitative estimate of drug-likeness (QED) is 0.223. The molecule has 4 heterocycles. The number of nitrogens with one attached hydrogen (secondary N) is 2. The summed E-state index contributed by atoms with van der Waals surface area (Å²) in [5.74, 6) is 1.49. The highest BCUT2D eigenvalue weighted by Crippen LogP contribution is 2.41. The van der Waals surface area contributed by atoms with Crippen LogP contribution in [0.4, 0.5) is 0 Å². The molecular formula is C33H49N7O3. The second kappa shape index (κ2) is 15.0. The van der Waals surface area contributed by atoms with E-state index in [1.54, 1.807) is 18.3 Å². The van der Waals surface area contributed by atoms with Crippen LogP contribution in [0.2, 0.25) is 0 Å². The van der Waals surface area contributed by atoms with Crippen molar-refractivity contribution < 1.29 is 14.6 Å². The van der Waals surface area contributed by atoms with Crippen molar-refractivity contribution in [3.05, 3.63) is 66.3 Å². The minimum Gasteiger partial charge on any atom is -0.482 e. The number of likely N-dealkylation sites (tertiary alicyclic amines) is 2. The number of aliphatic carboxylic acids is 1. The van der Waals surface area contributed by atoms with E-state index in [1.165, 1.54) is 58.3 Å². The molecule has 2 aliphatic rings. The van der Waals surface area contributed by atoms with Crippen LogP contribution in [0.1, 0.15) is 75.6 Å². The molecule has 10 heteroatoms. The number of hydrogen-bond acceptors (Lipinski definition) is 7. The molecule has 234 valence electrons. The van der Waals surface area contributed by atoms with Crippen molar-refractivity contribution in [2.24, 2.45) is 5.41 Å². The van der Waals surface area contributed by atoms with E-state index in [0.717, 1.165) is 49.2 Å². The van der Waals surface area contributed by atoms with E-state index in [9.17, 15) is 4.79 Å². The van der Waals surface area contributed by atoms with Gasteiger partial charge in [0.25, 0.3) is 0 Å². The topological polar surface area (TPSA) is 112 Å². The lowest BCUT2D eigenvalue weighted by Crippen LogP contribution is -2.45. The smallest absolute Gasteiger partial charge is 0.341 e. The normalized spacial score (nSPS) is 18.0. The van der Waals surface area contributed by atoms with Crippen LogP contribution in [0.25, 0.3) is 0 Å². The largest absolute Gasteiger partial charge is 0.482 e. The zero-order valence-electron chi connectivity index (χ0n) is 25.9. The Balaban J connectivity index is 1.10. The fourth-order valence-corrected chi connectivity index (χ4v) is 7.00. The highest BCUT2D eigenvalue weighted by molar-refractivity contribution is 5.68. The number of carboxylic acids is 1. The van der Waals surface area contributed by atoms with Gasteiger partial charge in [0.1, 0.15) is 17.4 Å². The molecule has 2 fully saturated rings. The first kappa shape index (κ1) is 31.2. The SMILES string of the molecule is CCC(CC)N1CCC2(CCN(CCCn3ccnc3CC(NCc3ccc(OCC(=O)O)cc3)c3ncc[nH]3)C2)CC1. The number of aromatic amines is 1. The molecule has 3 N–H and O–H groups in total. The van der Waals surface area contributed by atoms with Crippen LogP contribution in [0.3, 0.4) is 0 Å². The van der Waals surface area contributed by atoms with E-state index in [1.807, 2.05) is 24.5 Å². The lowest BCUT2D eigenvalue weighted by molar-refractivity contribution is -0.139. The van der Waals surface area contributed by atoms with Gasteiger partial charge in [0.2, 0.25) is 0 Å². The number of imidazole rings is 2. The van der Waals surface area contributed by atoms with Gasteiger partial charge < -0.3 is 34.5 Å². The summed E-state index contributed by atoms with van der Waals surface area (Å²) in [5, 5.41) is 12.4. The van der Waals surface area contributed by atoms with Crippen molar-refractivity contribution >= 4 is 5.97 Å². The number of carbonyl (C=O) groups is 1. The van der Waals surface area contributed by atoms with Crippen LogP contribution in [0.5, 0.6) is 5.75 Å². The number of benzene rings is 1. The van der Waals surface area contributed by atoms with E-state index in [0.29, 0.717) is 17.7 Å². The Kier molecular flexibility index (Phi) is 10.9. The van der Waals surface area contributed by atoms with E-state index in [4.69, 9.17) is 14.8 Å². The summed E-state index contributed by atoms with van der Waals surface area (Å²) in [6.45, 7) is 12.1. The third kappa shape index (κ3) is 8.46. The van der Waals surface area contributed by atoms with Crippen molar-refractivity contribution in [1.29, 1.82) is 0 Å². The number of aryl methyl sites for hydroxylation is 1. The van der Waals surface area contributed by atoms with E-state index < -0.39 is 5.97 Å². The number of aromatic nitrogens is 4. The van der Waals surface area contributed by atoms with E-state index >= 15 is 0 Å². The molecule has 0 radical (unpaired) electrons. The number of hydrogen-bond donors (Lipinski definition) is 3. The first-order valence-corrected chi connectivity index (χ1v) is 16.1. The van der Waals surface area contributed by atoms with Gasteiger partial charge in [-0.25, -0.2) is 14.8 Å². The van der Waals surface area contributed by atoms with Gasteiger partial charge in [-0.2, -0.15) is 0 Å². The van der Waals surface area contributed by atoms with Crippen LogP contribution in [0, 0.1) is 5.41 Å². The van der Waals surface area contributed by atoms with Crippen molar-refractivity contribution in [1.82, 2.24) is 34.6 Å². The van der Waals surface area contributed by atoms with Gasteiger partial charge in [-0.1, -0.05) is 26.0 Å². The number of piperidine rings is 1. The Bertz CT molecular complexity index is 1250. The highest BCUT2D eigenvalue weighted by atomic mass is 16.5. The van der Waals surface area contributed by atoms with Gasteiger partial charge >= 0.3 is 5.97 Å². The van der Waals surface area contributed by atoms with E-state index in [-0.39, 0.29) is 12.6 Å². The van der Waals surface area contributed by atoms with Crippen LogP contribution in [-0.4, -0.2) is 85.8 Å². The van der Waals surface area contributed by atoms with Gasteiger partial charge in [-0.15, -0.1) is 0 Å². The standard InChI is InChI=1S/C33H49N7O3/c1-3-27(4-2)39-19-11-33(12-20-39)10-18-38(25-33)16-5-17-40-21-15-34-30(40)22-29(32-35-13-14-36-32)37-23-26-6-8-28(9-7-26)43-24-31(41)42/h6-9,13-15,21,27,29,37H,3-5,10-12,16-20,22-25H2,1-2H3,(H,35,36)(H,41,42). The van der Waals surface area contributed by atoms with Gasteiger partial charge in [-0.3, -0.25) is 0 Å². The summed E-state index contributed by atoms with van der Waals surface area (Å²) < 4.78 is 7.55. The fourth-order valence-electron chi connectivity index (χ4n) is 7.00. The maximum absolute atomic E-state index is 10.7. The molecular weight excluding hydrogens is 542 g/mol. The van der Waals surface area contributed by atoms with Crippen LogP contribution in [0.15, 0.2) is 49.1 Å². The monoisotopic (exact) mass is 591 g/mol. The Morgan fingerprint density at radius 2 is 1.84 bits per heavy atom. The van der Waals surface area contributed by atoms with E-state index in [2.05, 4.69) is 49.7 Å². The van der Waals surface area contributed by atoms with Gasteiger partial charge in [0, 0.05) is 56.9 Å². The summed E-state index contributed by atoms with van der Waals surface area (Å²) in [4.78, 5) is 28.7. The molecule has 2 aromatic heterocycles. The Labute approximate surface area is 255 Å². The zero-order chi connectivity index (χ0) is 30.1. The molecule has 1 aromatic carbocycles. The predicted molar refractivity (Wildman–Crippen MR) is 167 cm³/mol. The number of ether oxygens (including phenoxy) is 1. The molecule has 0 amide bonds. The Morgan fingerprint density at radius 3 is 2.53 bits per heavy atom. The minimum atomic E-state index is -0.988. The molecule has 0 saturated carbocycles. The molecule has 3 aromatic rings. The second-order valence-electron chi connectivity index (χ2n) is 12.4. The summed E-state index contributed by atoms with van der Waals surface area (Å²) in [6, 6.07) is 8.23. The van der Waals surface area contributed by atoms with Crippen molar-refractivity contribution in [3.63, 3.8) is 0 Å². The zero-order valence-corrected chi connectivity index (χ0v) is 25.9. The average molecular weight is 592 g/mol. The molecule has 1 spiro atoms. The van der Waals surface area contributed by atoms with Crippen LogP contribution < -0.4 is 10.1 Å². The van der Waals surface area contributed by atoms with Gasteiger partial charge in [0.05, 0.1) is 6.04 Å². The fraction of sp³-hybridized carbons (Fsp3) is 0.606. The first-order chi connectivity index (χ1) is 21.0. The van der Waals surface area contributed by atoms with Crippen molar-refractivity contribution in [2.45, 2.75) is 84.0 Å². The van der Waals surface area contributed by atoms with Crippen molar-refractivity contribution in [2.75, 3.05) is 39.3 Å². The average Bonchev–Trinajstić information content (AvgIpc) is 3.79. The molecule has 5 rings (SSSR count). The second-order valence-corrected chi connectivity index (χ2v) is 12.4. The lowest BCUT2D eigenvalue weighted by Gasteiger charge is -2.42. The van der Waals surface area contributed by atoms with Gasteiger partial charge in [0.15, 0.2) is 6.61 Å². The molecule has 10 nitrogen and oxygen atoms in total. The third-order valence-corrected chi connectivity index (χ3v) is 9.58. The minimum absolute atomic E-state index is 0.0246. The molecule has 2 aliphatic heterocycles. The molecule has 1 unspecified atom stereocenters. The predicted octanol–water partition coefficient (Wildman–Crippen LogP) is 4.51. The first-order valence-electron chi connectivity index (χ1n) is 16.1. The number of nitrogens with zero attached hydrogens (tertiary/aromatic N) is 5. The van der Waals surface area contributed by atoms with Crippen LogP contribution >= 0.6 is 0 Å². The summed E-state index contributed by atoms with van der Waals surface area (Å²) in [7, 11) is 0. The molecule has 1 atom stereocenters. The number of H-pyrrole nitrogens is 1. The molecule has 0 aliphatic carbocycles. The molecule has 43 heavy (non-hydrogen) atoms.